The lowest BCUT2D eigenvalue weighted by atomic mass is 9.95. The Morgan fingerprint density at radius 3 is 2.40 bits per heavy atom. The standard InChI is InChI=1S/C13H18BrN3O2S/c1-3-13(4-2,9-16)17-20(18,19)12-6-10(8-15)5-11(14)7-12/h5-7,17H,3-4,9,16H2,1-2H3. The van der Waals surface area contributed by atoms with Gasteiger partial charge in [0.15, 0.2) is 0 Å². The lowest BCUT2D eigenvalue weighted by Crippen LogP contribution is -2.52. The van der Waals surface area contributed by atoms with Gasteiger partial charge in [0.05, 0.1) is 16.5 Å². The Bertz CT molecular complexity index is 611. The van der Waals surface area contributed by atoms with Crippen molar-refractivity contribution < 1.29 is 8.42 Å². The smallest absolute Gasteiger partial charge is 0.241 e. The molecule has 0 saturated heterocycles. The van der Waals surface area contributed by atoms with Gasteiger partial charge in [-0.15, -0.1) is 0 Å². The molecule has 20 heavy (non-hydrogen) atoms. The molecule has 0 fully saturated rings. The average Bonchev–Trinajstić information content (AvgIpc) is 2.44. The second kappa shape index (κ2) is 6.68. The molecule has 0 aliphatic heterocycles. The van der Waals surface area contributed by atoms with Gasteiger partial charge in [-0.25, -0.2) is 13.1 Å². The van der Waals surface area contributed by atoms with Crippen molar-refractivity contribution in [1.82, 2.24) is 4.72 Å². The Labute approximate surface area is 128 Å². The first kappa shape index (κ1) is 17.1. The summed E-state index contributed by atoms with van der Waals surface area (Å²) in [4.78, 5) is 0.0585. The Kier molecular flexibility index (Phi) is 5.71. The summed E-state index contributed by atoms with van der Waals surface area (Å²) in [5, 5.41) is 8.92. The Hall–Kier alpha value is -0.940. The first-order valence-corrected chi connectivity index (χ1v) is 8.55. The Morgan fingerprint density at radius 1 is 1.35 bits per heavy atom. The van der Waals surface area contributed by atoms with Crippen LogP contribution in [0.5, 0.6) is 0 Å². The lowest BCUT2D eigenvalue weighted by Gasteiger charge is -2.31. The zero-order chi connectivity index (χ0) is 15.4. The van der Waals surface area contributed by atoms with Crippen LogP contribution in [0.1, 0.15) is 32.3 Å². The molecular weight excluding hydrogens is 342 g/mol. The molecule has 110 valence electrons. The maximum absolute atomic E-state index is 12.4. The van der Waals surface area contributed by atoms with Gasteiger partial charge in [-0.2, -0.15) is 5.26 Å². The third-order valence-electron chi connectivity index (χ3n) is 3.41. The monoisotopic (exact) mass is 359 g/mol. The molecule has 0 unspecified atom stereocenters. The minimum atomic E-state index is -3.72. The fourth-order valence-electron chi connectivity index (χ4n) is 1.85. The summed E-state index contributed by atoms with van der Waals surface area (Å²) in [7, 11) is -3.72. The van der Waals surface area contributed by atoms with E-state index in [9.17, 15) is 8.42 Å². The Morgan fingerprint density at radius 2 is 1.95 bits per heavy atom. The predicted octanol–water partition coefficient (Wildman–Crippen LogP) is 2.12. The van der Waals surface area contributed by atoms with Gasteiger partial charge < -0.3 is 5.73 Å². The average molecular weight is 360 g/mol. The van der Waals surface area contributed by atoms with E-state index in [0.29, 0.717) is 17.3 Å². The fraction of sp³-hybridized carbons (Fsp3) is 0.462. The van der Waals surface area contributed by atoms with E-state index in [0.717, 1.165) is 0 Å². The molecule has 0 bridgehead atoms. The van der Waals surface area contributed by atoms with Crippen LogP contribution in [0.25, 0.3) is 0 Å². The molecule has 5 nitrogen and oxygen atoms in total. The number of nitrogens with two attached hydrogens (primary N) is 1. The maximum Gasteiger partial charge on any atom is 0.241 e. The summed E-state index contributed by atoms with van der Waals surface area (Å²) in [6.45, 7) is 4.00. The van der Waals surface area contributed by atoms with Crippen LogP contribution in [0, 0.1) is 11.3 Å². The van der Waals surface area contributed by atoms with E-state index in [1.807, 2.05) is 19.9 Å². The number of nitrogens with one attached hydrogen (secondary N) is 1. The van der Waals surface area contributed by atoms with Gasteiger partial charge in [0.2, 0.25) is 10.0 Å². The molecule has 0 radical (unpaired) electrons. The van der Waals surface area contributed by atoms with Crippen LogP contribution in [0.3, 0.4) is 0 Å². The van der Waals surface area contributed by atoms with Crippen LogP contribution in [-0.4, -0.2) is 20.5 Å². The van der Waals surface area contributed by atoms with E-state index in [1.54, 1.807) is 6.07 Å². The van der Waals surface area contributed by atoms with Gasteiger partial charge in [-0.3, -0.25) is 0 Å². The number of hydrogen-bond acceptors (Lipinski definition) is 4. The van der Waals surface area contributed by atoms with E-state index in [-0.39, 0.29) is 17.0 Å². The highest BCUT2D eigenvalue weighted by Crippen LogP contribution is 2.22. The molecule has 1 aromatic rings. The molecule has 0 saturated carbocycles. The highest BCUT2D eigenvalue weighted by atomic mass is 79.9. The molecule has 0 aliphatic rings. The minimum Gasteiger partial charge on any atom is -0.329 e. The molecule has 0 spiro atoms. The second-order valence-electron chi connectivity index (χ2n) is 4.58. The van der Waals surface area contributed by atoms with Crippen molar-refractivity contribution in [2.45, 2.75) is 37.1 Å². The van der Waals surface area contributed by atoms with Crippen LogP contribution >= 0.6 is 15.9 Å². The van der Waals surface area contributed by atoms with Crippen LogP contribution in [0.2, 0.25) is 0 Å². The zero-order valence-corrected chi connectivity index (χ0v) is 13.9. The molecule has 0 aromatic heterocycles. The molecule has 1 aromatic carbocycles. The van der Waals surface area contributed by atoms with Crippen LogP contribution < -0.4 is 10.5 Å². The quantitative estimate of drug-likeness (QED) is 0.812. The van der Waals surface area contributed by atoms with E-state index >= 15 is 0 Å². The normalized spacial score (nSPS) is 12.2. The van der Waals surface area contributed by atoms with Gasteiger partial charge >= 0.3 is 0 Å². The Balaban J connectivity index is 3.24. The third-order valence-corrected chi connectivity index (χ3v) is 5.42. The van der Waals surface area contributed by atoms with Crippen molar-refractivity contribution in [2.75, 3.05) is 6.54 Å². The highest BCUT2D eigenvalue weighted by molar-refractivity contribution is 9.10. The number of rotatable bonds is 6. The van der Waals surface area contributed by atoms with Gasteiger partial charge in [-0.1, -0.05) is 29.8 Å². The summed E-state index contributed by atoms with van der Waals surface area (Å²) in [6.07, 6.45) is 1.19. The number of nitrogens with zero attached hydrogens (tertiary/aromatic N) is 1. The number of nitriles is 1. The SMILES string of the molecule is CCC(CC)(CN)NS(=O)(=O)c1cc(Br)cc(C#N)c1. The summed E-state index contributed by atoms with van der Waals surface area (Å²) in [5.41, 5.74) is 5.34. The van der Waals surface area contributed by atoms with Crippen molar-refractivity contribution in [3.05, 3.63) is 28.2 Å². The first-order chi connectivity index (χ1) is 9.32. The molecule has 0 atom stereocenters. The summed E-state index contributed by atoms with van der Waals surface area (Å²) in [5.74, 6) is 0. The van der Waals surface area contributed by atoms with Gasteiger partial charge in [-0.05, 0) is 31.0 Å². The summed E-state index contributed by atoms with van der Waals surface area (Å²) < 4.78 is 28.1. The summed E-state index contributed by atoms with van der Waals surface area (Å²) >= 11 is 3.21. The van der Waals surface area contributed by atoms with Crippen LogP contribution in [0.15, 0.2) is 27.6 Å². The summed E-state index contributed by atoms with van der Waals surface area (Å²) in [6, 6.07) is 6.32. The maximum atomic E-state index is 12.4. The van der Waals surface area contributed by atoms with Gasteiger partial charge in [0.25, 0.3) is 0 Å². The van der Waals surface area contributed by atoms with E-state index in [2.05, 4.69) is 20.7 Å². The topological polar surface area (TPSA) is 96.0 Å². The second-order valence-corrected chi connectivity index (χ2v) is 7.18. The molecule has 0 amide bonds. The van der Waals surface area contributed by atoms with E-state index in [4.69, 9.17) is 11.0 Å². The fourth-order valence-corrected chi connectivity index (χ4v) is 4.12. The van der Waals surface area contributed by atoms with Crippen LogP contribution in [-0.2, 0) is 10.0 Å². The minimum absolute atomic E-state index is 0.0585. The zero-order valence-electron chi connectivity index (χ0n) is 11.5. The molecular formula is C13H18BrN3O2S. The van der Waals surface area contributed by atoms with Crippen molar-refractivity contribution >= 4 is 26.0 Å². The molecule has 1 rings (SSSR count). The number of benzene rings is 1. The van der Waals surface area contributed by atoms with Crippen molar-refractivity contribution in [1.29, 1.82) is 5.26 Å². The molecule has 7 heteroatoms. The van der Waals surface area contributed by atoms with Crippen molar-refractivity contribution in [3.63, 3.8) is 0 Å². The van der Waals surface area contributed by atoms with Crippen LogP contribution in [0.4, 0.5) is 0 Å². The molecule has 0 aliphatic carbocycles. The predicted molar refractivity (Wildman–Crippen MR) is 81.5 cm³/mol. The first-order valence-electron chi connectivity index (χ1n) is 6.27. The largest absolute Gasteiger partial charge is 0.329 e. The van der Waals surface area contributed by atoms with Crippen molar-refractivity contribution in [2.24, 2.45) is 5.73 Å². The lowest BCUT2D eigenvalue weighted by molar-refractivity contribution is 0.363. The van der Waals surface area contributed by atoms with Crippen molar-refractivity contribution in [3.8, 4) is 6.07 Å². The van der Waals surface area contributed by atoms with Gasteiger partial charge in [0.1, 0.15) is 0 Å². The highest BCUT2D eigenvalue weighted by Gasteiger charge is 2.31. The van der Waals surface area contributed by atoms with E-state index in [1.165, 1.54) is 12.1 Å². The third kappa shape index (κ3) is 3.79. The number of halogens is 1. The molecule has 3 N–H and O–H groups in total. The molecule has 0 heterocycles. The number of sulfonamides is 1. The number of hydrogen-bond donors (Lipinski definition) is 2. The van der Waals surface area contributed by atoms with E-state index < -0.39 is 15.6 Å². The van der Waals surface area contributed by atoms with Gasteiger partial charge in [0, 0.05) is 16.6 Å².